The van der Waals surface area contributed by atoms with Crippen LogP contribution in [0.3, 0.4) is 0 Å². The molecule has 0 spiro atoms. The summed E-state index contributed by atoms with van der Waals surface area (Å²) in [5.74, 6) is 0.552. The highest BCUT2D eigenvalue weighted by atomic mass is 14.1. The van der Waals surface area contributed by atoms with Gasteiger partial charge in [-0.1, -0.05) is 50.2 Å². The molecule has 0 aliphatic rings. The summed E-state index contributed by atoms with van der Waals surface area (Å²) in [7, 11) is 0. The van der Waals surface area contributed by atoms with Gasteiger partial charge in [0, 0.05) is 0 Å². The molecular formula is C17H19. The van der Waals surface area contributed by atoms with E-state index < -0.39 is 0 Å². The predicted molar refractivity (Wildman–Crippen MR) is 74.3 cm³/mol. The monoisotopic (exact) mass is 223 g/mol. The molecule has 2 aromatic carbocycles. The van der Waals surface area contributed by atoms with Crippen LogP contribution in [0.5, 0.6) is 0 Å². The molecule has 0 saturated carbocycles. The molecule has 0 heterocycles. The first-order valence-corrected chi connectivity index (χ1v) is 6.18. The van der Waals surface area contributed by atoms with Crippen molar-refractivity contribution in [1.29, 1.82) is 0 Å². The van der Waals surface area contributed by atoms with Crippen molar-refractivity contribution in [1.82, 2.24) is 0 Å². The maximum Gasteiger partial charge on any atom is -0.0120 e. The lowest BCUT2D eigenvalue weighted by Gasteiger charge is -2.13. The Labute approximate surface area is 104 Å². The average Bonchev–Trinajstić information content (AvgIpc) is 2.27. The maximum absolute atomic E-state index is 3.33. The SMILES string of the molecule is Cc1[c]c(C)cc(-c2ccccc2C(C)C)c1. The van der Waals surface area contributed by atoms with Gasteiger partial charge < -0.3 is 0 Å². The number of hydrogen-bond donors (Lipinski definition) is 0. The van der Waals surface area contributed by atoms with E-state index in [1.165, 1.54) is 27.8 Å². The first kappa shape index (κ1) is 11.9. The highest BCUT2D eigenvalue weighted by molar-refractivity contribution is 5.69. The van der Waals surface area contributed by atoms with Crippen LogP contribution in [0.1, 0.15) is 36.5 Å². The third-order valence-electron chi connectivity index (χ3n) is 3.03. The predicted octanol–water partition coefficient (Wildman–Crippen LogP) is 4.89. The van der Waals surface area contributed by atoms with Gasteiger partial charge in [0.05, 0.1) is 0 Å². The fraction of sp³-hybridized carbons (Fsp3) is 0.294. The van der Waals surface area contributed by atoms with Crippen LogP contribution >= 0.6 is 0 Å². The van der Waals surface area contributed by atoms with Crippen LogP contribution in [0.25, 0.3) is 11.1 Å². The van der Waals surface area contributed by atoms with Gasteiger partial charge in [-0.3, -0.25) is 0 Å². The molecule has 0 unspecified atom stereocenters. The Bertz CT molecular complexity index is 501. The molecule has 0 nitrogen and oxygen atoms in total. The molecule has 0 aliphatic heterocycles. The summed E-state index contributed by atoms with van der Waals surface area (Å²) in [4.78, 5) is 0. The summed E-state index contributed by atoms with van der Waals surface area (Å²) in [5, 5.41) is 0. The Morgan fingerprint density at radius 1 is 0.941 bits per heavy atom. The summed E-state index contributed by atoms with van der Waals surface area (Å²) in [5.41, 5.74) is 6.49. The molecule has 0 aromatic heterocycles. The summed E-state index contributed by atoms with van der Waals surface area (Å²) in [6.45, 7) is 8.70. The quantitative estimate of drug-likeness (QED) is 0.679. The Balaban J connectivity index is 2.60. The summed E-state index contributed by atoms with van der Waals surface area (Å²) < 4.78 is 0. The molecule has 17 heavy (non-hydrogen) atoms. The Morgan fingerprint density at radius 3 is 2.12 bits per heavy atom. The molecule has 0 heteroatoms. The van der Waals surface area contributed by atoms with Gasteiger partial charge in [0.25, 0.3) is 0 Å². The van der Waals surface area contributed by atoms with Gasteiger partial charge in [-0.15, -0.1) is 0 Å². The topological polar surface area (TPSA) is 0 Å². The Morgan fingerprint density at radius 2 is 1.53 bits per heavy atom. The van der Waals surface area contributed by atoms with Crippen LogP contribution in [0.2, 0.25) is 0 Å². The van der Waals surface area contributed by atoms with E-state index in [-0.39, 0.29) is 0 Å². The van der Waals surface area contributed by atoms with Crippen LogP contribution in [0.4, 0.5) is 0 Å². The maximum atomic E-state index is 3.33. The minimum absolute atomic E-state index is 0.552. The third-order valence-corrected chi connectivity index (χ3v) is 3.03. The Hall–Kier alpha value is -1.56. The van der Waals surface area contributed by atoms with Crippen molar-refractivity contribution >= 4 is 0 Å². The molecule has 0 saturated heterocycles. The zero-order valence-electron chi connectivity index (χ0n) is 11.0. The van der Waals surface area contributed by atoms with Crippen molar-refractivity contribution in [3.8, 4) is 11.1 Å². The minimum Gasteiger partial charge on any atom is -0.0619 e. The van der Waals surface area contributed by atoms with E-state index >= 15 is 0 Å². The van der Waals surface area contributed by atoms with E-state index in [9.17, 15) is 0 Å². The number of aryl methyl sites for hydroxylation is 2. The van der Waals surface area contributed by atoms with Crippen LogP contribution in [0, 0.1) is 19.9 Å². The van der Waals surface area contributed by atoms with Crippen molar-refractivity contribution in [2.45, 2.75) is 33.6 Å². The van der Waals surface area contributed by atoms with Gasteiger partial charge >= 0.3 is 0 Å². The lowest BCUT2D eigenvalue weighted by molar-refractivity contribution is 0.869. The highest BCUT2D eigenvalue weighted by Crippen LogP contribution is 2.30. The van der Waals surface area contributed by atoms with E-state index in [1.807, 2.05) is 0 Å². The van der Waals surface area contributed by atoms with E-state index in [1.54, 1.807) is 0 Å². The second kappa shape index (κ2) is 4.75. The fourth-order valence-electron chi connectivity index (χ4n) is 2.31. The number of benzene rings is 2. The van der Waals surface area contributed by atoms with Gasteiger partial charge in [0.2, 0.25) is 0 Å². The van der Waals surface area contributed by atoms with Crippen molar-refractivity contribution in [2.24, 2.45) is 0 Å². The molecule has 0 N–H and O–H groups in total. The van der Waals surface area contributed by atoms with Gasteiger partial charge in [0.1, 0.15) is 0 Å². The first-order chi connectivity index (χ1) is 8.08. The van der Waals surface area contributed by atoms with E-state index in [0.29, 0.717) is 5.92 Å². The molecule has 2 rings (SSSR count). The molecule has 0 aliphatic carbocycles. The van der Waals surface area contributed by atoms with E-state index in [4.69, 9.17) is 0 Å². The molecule has 0 fully saturated rings. The summed E-state index contributed by atoms with van der Waals surface area (Å²) in [6.07, 6.45) is 0. The molecule has 2 aromatic rings. The normalized spacial score (nSPS) is 10.9. The second-order valence-corrected chi connectivity index (χ2v) is 4.98. The van der Waals surface area contributed by atoms with Crippen LogP contribution < -0.4 is 0 Å². The molecule has 0 amide bonds. The minimum atomic E-state index is 0.552. The summed E-state index contributed by atoms with van der Waals surface area (Å²) >= 11 is 0. The largest absolute Gasteiger partial charge is 0.0619 e. The zero-order chi connectivity index (χ0) is 12.4. The fourth-order valence-corrected chi connectivity index (χ4v) is 2.31. The van der Waals surface area contributed by atoms with E-state index in [0.717, 1.165) is 0 Å². The molecule has 87 valence electrons. The zero-order valence-corrected chi connectivity index (χ0v) is 11.0. The molecular weight excluding hydrogens is 204 g/mol. The van der Waals surface area contributed by atoms with Crippen LogP contribution in [0.15, 0.2) is 36.4 Å². The second-order valence-electron chi connectivity index (χ2n) is 4.98. The highest BCUT2D eigenvalue weighted by Gasteiger charge is 2.08. The molecule has 1 radical (unpaired) electrons. The standard InChI is InChI=1S/C17H19/c1-12(2)16-7-5-6-8-17(16)15-10-13(3)9-14(4)11-15/h5-8,10-12H,1-4H3. The van der Waals surface area contributed by atoms with Crippen LogP contribution in [-0.2, 0) is 0 Å². The summed E-state index contributed by atoms with van der Waals surface area (Å²) in [6, 6.07) is 16.4. The van der Waals surface area contributed by atoms with Crippen molar-refractivity contribution in [3.63, 3.8) is 0 Å². The smallest absolute Gasteiger partial charge is 0.0120 e. The molecule has 0 atom stereocenters. The van der Waals surface area contributed by atoms with Gasteiger partial charge in [-0.25, -0.2) is 0 Å². The molecule has 0 bridgehead atoms. The lowest BCUT2D eigenvalue weighted by Crippen LogP contribution is -1.92. The van der Waals surface area contributed by atoms with Gasteiger partial charge in [-0.2, -0.15) is 0 Å². The van der Waals surface area contributed by atoms with Crippen molar-refractivity contribution in [2.75, 3.05) is 0 Å². The Kier molecular flexibility index (Phi) is 3.33. The van der Waals surface area contributed by atoms with Gasteiger partial charge in [-0.05, 0) is 53.6 Å². The van der Waals surface area contributed by atoms with Crippen molar-refractivity contribution in [3.05, 3.63) is 59.2 Å². The van der Waals surface area contributed by atoms with E-state index in [2.05, 4.69) is 70.2 Å². The van der Waals surface area contributed by atoms with Crippen LogP contribution in [-0.4, -0.2) is 0 Å². The lowest BCUT2D eigenvalue weighted by atomic mass is 9.91. The number of rotatable bonds is 2. The van der Waals surface area contributed by atoms with Gasteiger partial charge in [0.15, 0.2) is 0 Å². The number of hydrogen-bond acceptors (Lipinski definition) is 0. The average molecular weight is 223 g/mol. The third kappa shape index (κ3) is 2.58. The first-order valence-electron chi connectivity index (χ1n) is 6.18. The van der Waals surface area contributed by atoms with Crippen molar-refractivity contribution < 1.29 is 0 Å².